The number of piperidine rings is 1. The molecule has 2 aliphatic heterocycles. The molecule has 0 radical (unpaired) electrons. The molecule has 0 saturated carbocycles. The van der Waals surface area contributed by atoms with Crippen LogP contribution in [0.2, 0.25) is 0 Å². The molecule has 2 atom stereocenters. The van der Waals surface area contributed by atoms with E-state index < -0.39 is 10.0 Å². The zero-order valence-electron chi connectivity index (χ0n) is 17.7. The number of nitrogens with zero attached hydrogens (tertiary/aromatic N) is 2. The molecule has 1 aromatic rings. The maximum Gasteiger partial charge on any atom is 0.264 e. The van der Waals surface area contributed by atoms with Gasteiger partial charge in [-0.2, -0.15) is 0 Å². The number of sulfonamides is 1. The van der Waals surface area contributed by atoms with Gasteiger partial charge in [0.25, 0.3) is 10.0 Å². The van der Waals surface area contributed by atoms with Crippen molar-refractivity contribution in [2.24, 2.45) is 16.8 Å². The Bertz CT molecular complexity index is 892. The van der Waals surface area contributed by atoms with E-state index in [1.165, 1.54) is 6.42 Å². The van der Waals surface area contributed by atoms with Gasteiger partial charge in [-0.05, 0) is 68.7 Å². The third-order valence-corrected chi connectivity index (χ3v) is 7.35. The van der Waals surface area contributed by atoms with Gasteiger partial charge in [-0.3, -0.25) is 9.71 Å². The predicted molar refractivity (Wildman–Crippen MR) is 117 cm³/mol. The first kappa shape index (κ1) is 21.1. The van der Waals surface area contributed by atoms with Gasteiger partial charge in [0.2, 0.25) is 0 Å². The summed E-state index contributed by atoms with van der Waals surface area (Å²) in [6.07, 6.45) is 2.25. The van der Waals surface area contributed by atoms with Crippen LogP contribution in [-0.4, -0.2) is 45.3 Å². The van der Waals surface area contributed by atoms with Crippen LogP contribution in [0.3, 0.4) is 0 Å². The second-order valence-corrected chi connectivity index (χ2v) is 10.3. The molecule has 0 aliphatic carbocycles. The summed E-state index contributed by atoms with van der Waals surface area (Å²) in [5, 5.41) is 0. The van der Waals surface area contributed by atoms with E-state index in [0.29, 0.717) is 22.9 Å². The third kappa shape index (κ3) is 4.66. The molecule has 1 saturated heterocycles. The fourth-order valence-electron chi connectivity index (χ4n) is 4.43. The second kappa shape index (κ2) is 8.37. The van der Waals surface area contributed by atoms with Gasteiger partial charge in [0.1, 0.15) is 10.7 Å². The van der Waals surface area contributed by atoms with Crippen molar-refractivity contribution in [2.75, 3.05) is 26.2 Å². The topological polar surface area (TPSA) is 61.8 Å². The van der Waals surface area contributed by atoms with Crippen LogP contribution in [0.25, 0.3) is 4.91 Å². The first-order valence-corrected chi connectivity index (χ1v) is 11.7. The molecular weight excluding hydrogens is 370 g/mol. The Kier molecular flexibility index (Phi) is 6.30. The van der Waals surface area contributed by atoms with Crippen LogP contribution in [-0.2, 0) is 10.0 Å². The number of hydrogen-bond donors (Lipinski definition) is 1. The Morgan fingerprint density at radius 2 is 1.79 bits per heavy atom. The highest BCUT2D eigenvalue weighted by atomic mass is 32.2. The highest BCUT2D eigenvalue weighted by molar-refractivity contribution is 8.00. The molecule has 3 rings (SSSR count). The molecule has 1 aromatic carbocycles. The molecule has 5 nitrogen and oxygen atoms in total. The van der Waals surface area contributed by atoms with E-state index in [0.717, 1.165) is 54.6 Å². The molecule has 0 bridgehead atoms. The highest BCUT2D eigenvalue weighted by Crippen LogP contribution is 2.31. The number of amidine groups is 1. The summed E-state index contributed by atoms with van der Waals surface area (Å²) in [6, 6.07) is 5.78. The van der Waals surface area contributed by atoms with Crippen LogP contribution in [0.15, 0.2) is 28.8 Å². The van der Waals surface area contributed by atoms with E-state index >= 15 is 0 Å². The smallest absolute Gasteiger partial charge is 0.264 e. The van der Waals surface area contributed by atoms with Crippen molar-refractivity contribution in [3.63, 3.8) is 0 Å². The zero-order valence-corrected chi connectivity index (χ0v) is 18.6. The molecular formula is C22H33N3O2S. The maximum atomic E-state index is 12.7. The molecule has 0 spiro atoms. The van der Waals surface area contributed by atoms with E-state index in [4.69, 9.17) is 0 Å². The lowest BCUT2D eigenvalue weighted by Gasteiger charge is -2.34. The fraction of sp³-hybridized carbons (Fsp3) is 0.591. The van der Waals surface area contributed by atoms with E-state index in [-0.39, 0.29) is 0 Å². The van der Waals surface area contributed by atoms with Gasteiger partial charge in [-0.1, -0.05) is 32.0 Å². The van der Waals surface area contributed by atoms with Crippen LogP contribution in [0.1, 0.15) is 50.3 Å². The summed E-state index contributed by atoms with van der Waals surface area (Å²) >= 11 is 0. The van der Waals surface area contributed by atoms with Gasteiger partial charge < -0.3 is 4.90 Å². The largest absolute Gasteiger partial charge is 0.303 e. The molecule has 154 valence electrons. The molecule has 1 N–H and O–H groups in total. The number of rotatable bonds is 5. The number of hydrogen-bond acceptors (Lipinski definition) is 4. The third-order valence-electron chi connectivity index (χ3n) is 5.81. The molecule has 2 heterocycles. The Hall–Kier alpha value is -1.66. The summed E-state index contributed by atoms with van der Waals surface area (Å²) in [4.78, 5) is 7.45. The van der Waals surface area contributed by atoms with Crippen molar-refractivity contribution < 1.29 is 8.42 Å². The van der Waals surface area contributed by atoms with Gasteiger partial charge in [-0.15, -0.1) is 0 Å². The Morgan fingerprint density at radius 3 is 2.43 bits per heavy atom. The Balaban J connectivity index is 1.69. The van der Waals surface area contributed by atoms with Gasteiger partial charge in [-0.25, -0.2) is 8.42 Å². The lowest BCUT2D eigenvalue weighted by atomic mass is 9.92. The molecule has 0 aromatic heterocycles. The summed E-state index contributed by atoms with van der Waals surface area (Å²) in [5.74, 6) is 2.00. The average molecular weight is 404 g/mol. The first-order valence-electron chi connectivity index (χ1n) is 10.3. The molecule has 2 aliphatic rings. The number of nitrogens with one attached hydrogen (secondary N) is 1. The van der Waals surface area contributed by atoms with Crippen LogP contribution in [0.4, 0.5) is 0 Å². The quantitative estimate of drug-likeness (QED) is 0.762. The summed E-state index contributed by atoms with van der Waals surface area (Å²) in [6.45, 7) is 14.5. The van der Waals surface area contributed by atoms with Crippen molar-refractivity contribution in [3.8, 4) is 0 Å². The lowest BCUT2D eigenvalue weighted by Crippen LogP contribution is -2.39. The Morgan fingerprint density at radius 1 is 1.11 bits per heavy atom. The normalized spacial score (nSPS) is 26.7. The van der Waals surface area contributed by atoms with Crippen molar-refractivity contribution in [1.29, 1.82) is 0 Å². The number of aryl methyl sites for hydroxylation is 2. The van der Waals surface area contributed by atoms with Crippen LogP contribution in [0.5, 0.6) is 0 Å². The van der Waals surface area contributed by atoms with Crippen LogP contribution >= 0.6 is 0 Å². The predicted octanol–water partition coefficient (Wildman–Crippen LogP) is 3.73. The monoisotopic (exact) mass is 403 g/mol. The SMILES string of the molecule is CC1=C(c2ccc(C)c(C)c2)S(=O)(=O)NC1=NCCCN1CC(C)CC(C)C1. The number of likely N-dealkylation sites (tertiary alicyclic amines) is 1. The molecule has 6 heteroatoms. The minimum Gasteiger partial charge on any atom is -0.303 e. The minimum atomic E-state index is -3.55. The van der Waals surface area contributed by atoms with Crippen LogP contribution < -0.4 is 4.72 Å². The second-order valence-electron chi connectivity index (χ2n) is 8.65. The van der Waals surface area contributed by atoms with Crippen LogP contribution in [0, 0.1) is 25.7 Å². The van der Waals surface area contributed by atoms with E-state index in [1.54, 1.807) is 0 Å². The Labute approximate surface area is 170 Å². The molecule has 2 unspecified atom stereocenters. The molecule has 1 fully saturated rings. The number of aliphatic imine (C=N–C) groups is 1. The van der Waals surface area contributed by atoms with Crippen molar-refractivity contribution in [3.05, 3.63) is 40.5 Å². The zero-order chi connectivity index (χ0) is 20.5. The van der Waals surface area contributed by atoms with Gasteiger partial charge in [0.05, 0.1) is 0 Å². The average Bonchev–Trinajstić information content (AvgIpc) is 2.82. The van der Waals surface area contributed by atoms with Crippen molar-refractivity contribution in [1.82, 2.24) is 9.62 Å². The van der Waals surface area contributed by atoms with Crippen molar-refractivity contribution in [2.45, 2.75) is 47.5 Å². The first-order chi connectivity index (χ1) is 13.2. The molecule has 0 amide bonds. The van der Waals surface area contributed by atoms with Gasteiger partial charge >= 0.3 is 0 Å². The standard InChI is InChI=1S/C22H33N3O2S/c1-15-11-16(2)14-25(13-15)10-6-9-23-22-19(5)21(28(26,27)24-22)20-8-7-17(3)18(4)12-20/h7-8,12,15-16H,6,9-11,13-14H2,1-5H3,(H,23,24). The highest BCUT2D eigenvalue weighted by Gasteiger charge is 2.32. The van der Waals surface area contributed by atoms with E-state index in [1.807, 2.05) is 39.0 Å². The number of benzene rings is 1. The van der Waals surface area contributed by atoms with Gasteiger partial charge in [0.15, 0.2) is 0 Å². The van der Waals surface area contributed by atoms with E-state index in [2.05, 4.69) is 28.5 Å². The fourth-order valence-corrected chi connectivity index (χ4v) is 5.94. The van der Waals surface area contributed by atoms with Crippen molar-refractivity contribution >= 4 is 20.8 Å². The summed E-state index contributed by atoms with van der Waals surface area (Å²) in [5.41, 5.74) is 3.68. The summed E-state index contributed by atoms with van der Waals surface area (Å²) in [7, 11) is -3.55. The maximum absolute atomic E-state index is 12.7. The molecule has 28 heavy (non-hydrogen) atoms. The van der Waals surface area contributed by atoms with E-state index in [9.17, 15) is 8.42 Å². The minimum absolute atomic E-state index is 0.355. The van der Waals surface area contributed by atoms with Gasteiger partial charge in [0, 0.05) is 25.2 Å². The lowest BCUT2D eigenvalue weighted by molar-refractivity contribution is 0.140. The summed E-state index contributed by atoms with van der Waals surface area (Å²) < 4.78 is 28.0.